The average Bonchev–Trinajstić information content (AvgIpc) is 2.60. The van der Waals surface area contributed by atoms with Gasteiger partial charge in [0.2, 0.25) is 0 Å². The normalized spacial score (nSPS) is 12.2. The molecule has 2 rings (SSSR count). The van der Waals surface area contributed by atoms with E-state index in [4.69, 9.17) is 5.11 Å². The SMILES string of the molecule is O=C(O)c1ccc(N[C@@H](CS(=O)(=O)Cc2cccc(Br)c2)C(=O)O)c([N+](=O)[O-])c1. The average molecular weight is 487 g/mol. The highest BCUT2D eigenvalue weighted by Gasteiger charge is 2.28. The van der Waals surface area contributed by atoms with Crippen molar-refractivity contribution >= 4 is 49.1 Å². The van der Waals surface area contributed by atoms with Gasteiger partial charge in [0, 0.05) is 10.5 Å². The molecule has 0 saturated heterocycles. The van der Waals surface area contributed by atoms with Crippen molar-refractivity contribution in [3.05, 3.63) is 68.2 Å². The minimum Gasteiger partial charge on any atom is -0.480 e. The van der Waals surface area contributed by atoms with Gasteiger partial charge in [0.15, 0.2) is 9.84 Å². The van der Waals surface area contributed by atoms with E-state index in [0.717, 1.165) is 18.2 Å². The third-order valence-corrected chi connectivity index (χ3v) is 5.87. The van der Waals surface area contributed by atoms with Crippen LogP contribution in [0, 0.1) is 10.1 Å². The molecule has 2 aromatic carbocycles. The fraction of sp³-hybridized carbons (Fsp3) is 0.176. The summed E-state index contributed by atoms with van der Waals surface area (Å²) in [6.45, 7) is 0. The Morgan fingerprint density at radius 3 is 2.41 bits per heavy atom. The van der Waals surface area contributed by atoms with Gasteiger partial charge in [0.1, 0.15) is 11.7 Å². The fourth-order valence-electron chi connectivity index (χ4n) is 2.49. The topological polar surface area (TPSA) is 164 Å². The number of hydrogen-bond acceptors (Lipinski definition) is 7. The molecule has 0 radical (unpaired) electrons. The standard InChI is InChI=1S/C17H15BrN2O8S/c18-12-3-1-2-10(6-12)8-29(27,28)9-14(17(23)24)19-13-5-4-11(16(21)22)7-15(13)20(25)26/h1-7,14,19H,8-9H2,(H,21,22)(H,23,24)/t14-/m0/s1. The van der Waals surface area contributed by atoms with Gasteiger partial charge in [-0.1, -0.05) is 28.1 Å². The number of carboxylic acids is 2. The third kappa shape index (κ3) is 6.26. The minimum atomic E-state index is -3.90. The summed E-state index contributed by atoms with van der Waals surface area (Å²) >= 11 is 3.22. The molecule has 0 saturated carbocycles. The van der Waals surface area contributed by atoms with Gasteiger partial charge in [0.05, 0.1) is 22.0 Å². The quantitative estimate of drug-likeness (QED) is 0.356. The molecule has 2 aromatic rings. The van der Waals surface area contributed by atoms with Crippen molar-refractivity contribution < 1.29 is 33.1 Å². The number of aromatic carboxylic acids is 1. The highest BCUT2D eigenvalue weighted by molar-refractivity contribution is 9.10. The number of carboxylic acid groups (broad SMARTS) is 2. The van der Waals surface area contributed by atoms with E-state index in [9.17, 15) is 33.2 Å². The lowest BCUT2D eigenvalue weighted by molar-refractivity contribution is -0.384. The van der Waals surface area contributed by atoms with E-state index >= 15 is 0 Å². The second-order valence-electron chi connectivity index (χ2n) is 6.01. The predicted octanol–water partition coefficient (Wildman–Crippen LogP) is 2.54. The lowest BCUT2D eigenvalue weighted by Crippen LogP contribution is -2.37. The van der Waals surface area contributed by atoms with Crippen LogP contribution < -0.4 is 5.32 Å². The van der Waals surface area contributed by atoms with Gasteiger partial charge in [0.25, 0.3) is 5.69 Å². The van der Waals surface area contributed by atoms with Crippen LogP contribution in [0.2, 0.25) is 0 Å². The van der Waals surface area contributed by atoms with Crippen LogP contribution in [-0.4, -0.2) is 47.3 Å². The number of carbonyl (C=O) groups is 2. The van der Waals surface area contributed by atoms with Crippen LogP contribution in [0.4, 0.5) is 11.4 Å². The third-order valence-electron chi connectivity index (χ3n) is 3.77. The van der Waals surface area contributed by atoms with Crippen LogP contribution in [0.1, 0.15) is 15.9 Å². The van der Waals surface area contributed by atoms with Crippen molar-refractivity contribution in [3.63, 3.8) is 0 Å². The number of nitrogens with one attached hydrogen (secondary N) is 1. The van der Waals surface area contributed by atoms with Crippen molar-refractivity contribution in [2.75, 3.05) is 11.1 Å². The molecule has 0 aliphatic rings. The smallest absolute Gasteiger partial charge is 0.335 e. The Morgan fingerprint density at radius 1 is 1.17 bits per heavy atom. The number of hydrogen-bond donors (Lipinski definition) is 3. The fourth-order valence-corrected chi connectivity index (χ4v) is 4.48. The number of rotatable bonds is 9. The molecule has 0 aromatic heterocycles. The monoisotopic (exact) mass is 486 g/mol. The molecule has 0 unspecified atom stereocenters. The maximum absolute atomic E-state index is 12.4. The number of nitro benzene ring substituents is 1. The van der Waals surface area contributed by atoms with Gasteiger partial charge < -0.3 is 15.5 Å². The Hall–Kier alpha value is -2.99. The summed E-state index contributed by atoms with van der Waals surface area (Å²) in [5.74, 6) is -4.17. The Bertz CT molecular complexity index is 1070. The van der Waals surface area contributed by atoms with E-state index < -0.39 is 49.9 Å². The number of benzene rings is 2. The number of halogens is 1. The highest BCUT2D eigenvalue weighted by atomic mass is 79.9. The van der Waals surface area contributed by atoms with E-state index in [1.807, 2.05) is 0 Å². The summed E-state index contributed by atoms with van der Waals surface area (Å²) < 4.78 is 25.6. The molecular formula is C17H15BrN2O8S. The van der Waals surface area contributed by atoms with E-state index in [-0.39, 0.29) is 11.3 Å². The number of sulfone groups is 1. The summed E-state index contributed by atoms with van der Waals surface area (Å²) in [7, 11) is -3.90. The minimum absolute atomic E-state index is 0.301. The van der Waals surface area contributed by atoms with Crippen molar-refractivity contribution in [1.82, 2.24) is 0 Å². The van der Waals surface area contributed by atoms with Gasteiger partial charge in [-0.2, -0.15) is 0 Å². The van der Waals surface area contributed by atoms with Gasteiger partial charge >= 0.3 is 11.9 Å². The molecule has 29 heavy (non-hydrogen) atoms. The molecule has 0 spiro atoms. The molecule has 0 fully saturated rings. The van der Waals surface area contributed by atoms with E-state index in [1.165, 1.54) is 0 Å². The first kappa shape index (κ1) is 22.3. The van der Waals surface area contributed by atoms with Crippen molar-refractivity contribution in [2.24, 2.45) is 0 Å². The molecule has 0 aliphatic carbocycles. The van der Waals surface area contributed by atoms with Crippen LogP contribution in [0.3, 0.4) is 0 Å². The van der Waals surface area contributed by atoms with Gasteiger partial charge in [-0.3, -0.25) is 10.1 Å². The van der Waals surface area contributed by atoms with Crippen LogP contribution in [0.15, 0.2) is 46.9 Å². The Labute approximate surface area is 173 Å². The maximum Gasteiger partial charge on any atom is 0.335 e. The second-order valence-corrected chi connectivity index (χ2v) is 9.04. The first-order valence-corrected chi connectivity index (χ1v) is 10.6. The zero-order chi connectivity index (χ0) is 21.8. The molecule has 3 N–H and O–H groups in total. The first-order chi connectivity index (χ1) is 13.5. The Balaban J connectivity index is 2.27. The molecular weight excluding hydrogens is 472 g/mol. The maximum atomic E-state index is 12.4. The molecule has 0 heterocycles. The van der Waals surface area contributed by atoms with Gasteiger partial charge in [-0.25, -0.2) is 18.0 Å². The molecule has 1 atom stereocenters. The van der Waals surface area contributed by atoms with Crippen LogP contribution in [0.5, 0.6) is 0 Å². The van der Waals surface area contributed by atoms with Gasteiger partial charge in [-0.05, 0) is 29.8 Å². The van der Waals surface area contributed by atoms with E-state index in [1.54, 1.807) is 24.3 Å². The number of aliphatic carboxylic acids is 1. The summed E-state index contributed by atoms with van der Waals surface area (Å²) in [5.41, 5.74) is -0.901. The van der Waals surface area contributed by atoms with Crippen molar-refractivity contribution in [3.8, 4) is 0 Å². The summed E-state index contributed by atoms with van der Waals surface area (Å²) in [4.78, 5) is 32.9. The zero-order valence-corrected chi connectivity index (χ0v) is 17.0. The van der Waals surface area contributed by atoms with E-state index in [2.05, 4.69) is 21.2 Å². The zero-order valence-electron chi connectivity index (χ0n) is 14.6. The highest BCUT2D eigenvalue weighted by Crippen LogP contribution is 2.27. The lowest BCUT2D eigenvalue weighted by atomic mass is 10.1. The number of nitrogens with zero attached hydrogens (tertiary/aromatic N) is 1. The molecule has 0 bridgehead atoms. The molecule has 0 aliphatic heterocycles. The van der Waals surface area contributed by atoms with Crippen LogP contribution in [-0.2, 0) is 20.4 Å². The summed E-state index contributed by atoms with van der Waals surface area (Å²) in [6.07, 6.45) is 0. The van der Waals surface area contributed by atoms with Crippen LogP contribution >= 0.6 is 15.9 Å². The number of nitro groups is 1. The summed E-state index contributed by atoms with van der Waals surface area (Å²) in [5, 5.41) is 31.9. The number of anilines is 1. The Kier molecular flexibility index (Phi) is 6.93. The van der Waals surface area contributed by atoms with Gasteiger partial charge in [-0.15, -0.1) is 0 Å². The molecule has 12 heteroatoms. The first-order valence-electron chi connectivity index (χ1n) is 7.94. The largest absolute Gasteiger partial charge is 0.480 e. The summed E-state index contributed by atoms with van der Waals surface area (Å²) in [6, 6.07) is 7.65. The van der Waals surface area contributed by atoms with Crippen LogP contribution in [0.25, 0.3) is 0 Å². The van der Waals surface area contributed by atoms with Crippen molar-refractivity contribution in [1.29, 1.82) is 0 Å². The lowest BCUT2D eigenvalue weighted by Gasteiger charge is -2.16. The van der Waals surface area contributed by atoms with E-state index in [0.29, 0.717) is 10.0 Å². The van der Waals surface area contributed by atoms with Crippen molar-refractivity contribution in [2.45, 2.75) is 11.8 Å². The molecule has 154 valence electrons. The molecule has 0 amide bonds. The molecule has 10 nitrogen and oxygen atoms in total. The predicted molar refractivity (Wildman–Crippen MR) is 107 cm³/mol. The second kappa shape index (κ2) is 9.01. The Morgan fingerprint density at radius 2 is 1.86 bits per heavy atom.